The number of aryl methyl sites for hydroxylation is 8. The van der Waals surface area contributed by atoms with Crippen molar-refractivity contribution in [3.8, 4) is 91.3 Å². The largest absolute Gasteiger partial charge is 1.00 e. The number of hydrogen-bond acceptors (Lipinski definition) is 13. The molecule has 0 amide bonds. The van der Waals surface area contributed by atoms with E-state index in [-0.39, 0.29) is 99.2 Å². The maximum atomic E-state index is 11.2. The monoisotopic (exact) mass is 1460 g/mol. The number of unbranched alkanes of at least 4 members (excludes halogenated alkanes) is 18. The molecular weight excluding hydrogens is 1340 g/mol. The molecule has 6 aromatic carbocycles. The Morgan fingerprint density at radius 3 is 0.941 bits per heavy atom. The summed E-state index contributed by atoms with van der Waals surface area (Å²) in [7, 11) is 8.71. The van der Waals surface area contributed by atoms with E-state index in [0.717, 1.165) is 84.2 Å². The number of quaternary nitrogens is 2. The molecule has 2 atom stereocenters. The van der Waals surface area contributed by atoms with Gasteiger partial charge in [0.1, 0.15) is 54.9 Å². The second-order valence-corrected chi connectivity index (χ2v) is 29.4. The number of aliphatic hydroxyl groups excluding tert-OH is 2. The first kappa shape index (κ1) is 90.8. The summed E-state index contributed by atoms with van der Waals surface area (Å²) in [4.78, 5) is 28.7. The van der Waals surface area contributed by atoms with Crippen molar-refractivity contribution in [2.45, 2.75) is 210 Å². The van der Waals surface area contributed by atoms with Crippen molar-refractivity contribution in [1.29, 1.82) is 0 Å². The van der Waals surface area contributed by atoms with E-state index in [0.29, 0.717) is 64.2 Å². The van der Waals surface area contributed by atoms with Gasteiger partial charge in [0.25, 0.3) is 0 Å². The molecule has 18 heteroatoms. The van der Waals surface area contributed by atoms with Gasteiger partial charge in [-0.1, -0.05) is 212 Å². The van der Waals surface area contributed by atoms with Crippen LogP contribution < -0.4 is 68.5 Å². The summed E-state index contributed by atoms with van der Waals surface area (Å²) in [6, 6.07) is 34.2. The smallest absolute Gasteiger partial charge is 1.00 e. The van der Waals surface area contributed by atoms with Gasteiger partial charge in [-0.25, -0.2) is 29.9 Å². The van der Waals surface area contributed by atoms with Gasteiger partial charge >= 0.3 is 51.4 Å². The third kappa shape index (κ3) is 30.9. The number of likely N-dealkylation sites (N-methyl/N-ethyl adjacent to an activating group) is 2. The minimum atomic E-state index is -0.621. The SMILES string of the molecule is CCCCCCCCCCCC[N+](C)(C)CC(O)CCl.CCCCCCCCCCCC[N+](C)(C)CC(O)COc1ccc(-c2nc(-c3ccc(C)cc3C)nc(-c3ccc(C)cc3C)n2)c(O)c1.Cc1ccc(-c2nc(-c3ccc(C)cc3C)nc(-c3ccc(O)cc3O)n2)c(C)c1.[Cl-].[K+].[OH-]. The maximum absolute atomic E-state index is 11.2. The average Bonchev–Trinajstić information content (AvgIpc) is 0.789. The topological polar surface area (TPSA) is 218 Å². The Kier molecular flexibility index (Phi) is 41.4. The van der Waals surface area contributed by atoms with E-state index in [1.807, 2.05) is 64.1 Å². The standard InChI is InChI=1S/C42H58N4O3.C25H23N3O2.C17H37ClNO.ClH.K.H2O/c1-8-9-10-11-12-13-14-15-16-17-24-46(6,7)28-34(47)29-49-35-20-23-38(39(48)27-35)42-44-40(36-21-18-30(2)25-32(36)4)43-41(45-42)37-22-19-31(3)26-33(37)5;1-14-5-8-19(16(3)11-14)23-26-24(20-9-6-15(2)12-17(20)4)28-25(27-23)21-10-7-18(29)13-22(21)30;1-4-5-6-7-8-9-10-11-12-13-14-19(2,3)16-17(20)15-18;;;/h18-23,25-27,34,47H,8-17,24,28-29H2,1-7H3;5-13,29-30H,1-4H3;17,20H,4-16H2,1-3H3;1H;;1H2/q;;+1;;+1;/p-1. The van der Waals surface area contributed by atoms with Crippen molar-refractivity contribution in [3.05, 3.63) is 154 Å². The van der Waals surface area contributed by atoms with Crippen LogP contribution in [0.3, 0.4) is 0 Å². The molecule has 0 fully saturated rings. The minimum Gasteiger partial charge on any atom is -1.00 e. The Morgan fingerprint density at radius 1 is 0.373 bits per heavy atom. The molecule has 0 bridgehead atoms. The van der Waals surface area contributed by atoms with Crippen LogP contribution in [-0.4, -0.2) is 149 Å². The number of aliphatic hydroxyl groups is 2. The molecule has 0 aliphatic carbocycles. The molecule has 0 saturated carbocycles. The summed E-state index contributed by atoms with van der Waals surface area (Å²) in [5, 5.41) is 51.7. The number of alkyl halides is 1. The summed E-state index contributed by atoms with van der Waals surface area (Å²) >= 11 is 5.66. The zero-order chi connectivity index (χ0) is 72.1. The van der Waals surface area contributed by atoms with Gasteiger partial charge in [0.15, 0.2) is 34.9 Å². The molecule has 0 aliphatic rings. The minimum absolute atomic E-state index is 0. The summed E-state index contributed by atoms with van der Waals surface area (Å²) in [5.41, 5.74) is 13.5. The molecule has 2 aromatic heterocycles. The Labute approximate surface area is 665 Å². The number of benzene rings is 6. The van der Waals surface area contributed by atoms with Crippen LogP contribution in [0.5, 0.6) is 23.0 Å². The average molecular weight is 1460 g/mol. The van der Waals surface area contributed by atoms with E-state index >= 15 is 0 Å². The zero-order valence-corrected chi connectivity index (χ0v) is 69.0. The van der Waals surface area contributed by atoms with Crippen molar-refractivity contribution < 1.29 is 109 Å². The number of aromatic hydroxyl groups is 3. The van der Waals surface area contributed by atoms with Gasteiger partial charge in [-0.05, 0) is 128 Å². The molecule has 0 saturated heterocycles. The molecule has 2 heterocycles. The number of hydrogen-bond donors (Lipinski definition) is 5. The van der Waals surface area contributed by atoms with E-state index < -0.39 is 6.10 Å². The van der Waals surface area contributed by atoms with Crippen LogP contribution in [0.25, 0.3) is 68.3 Å². The number of halogens is 2. The first-order chi connectivity index (χ1) is 47.3. The maximum Gasteiger partial charge on any atom is 1.00 e. The fraction of sp³-hybridized carbons (Fsp3) is 0.500. The molecule has 15 nitrogen and oxygen atoms in total. The Bertz CT molecular complexity index is 3560. The summed E-state index contributed by atoms with van der Waals surface area (Å²) < 4.78 is 7.58. The molecule has 8 rings (SSSR count). The van der Waals surface area contributed by atoms with Crippen LogP contribution in [-0.2, 0) is 0 Å². The second kappa shape index (κ2) is 46.5. The Balaban J connectivity index is 0.000000435. The van der Waals surface area contributed by atoms with Gasteiger partial charge < -0.3 is 57.1 Å². The molecular formula is C84H120Cl2KN8O7+. The molecule has 552 valence electrons. The quantitative estimate of drug-likeness (QED) is 0.0107. The van der Waals surface area contributed by atoms with Crippen LogP contribution in [0, 0.1) is 55.4 Å². The van der Waals surface area contributed by atoms with E-state index in [9.17, 15) is 25.5 Å². The number of phenols is 3. The van der Waals surface area contributed by atoms with Gasteiger partial charge in [-0.3, -0.25) is 0 Å². The third-order valence-corrected chi connectivity index (χ3v) is 18.8. The molecule has 6 N–H and O–H groups in total. The van der Waals surface area contributed by atoms with Gasteiger partial charge in [0.2, 0.25) is 0 Å². The van der Waals surface area contributed by atoms with E-state index in [1.54, 1.807) is 24.3 Å². The fourth-order valence-corrected chi connectivity index (χ4v) is 13.0. The van der Waals surface area contributed by atoms with Gasteiger partial charge in [0, 0.05) is 34.4 Å². The Hall–Kier alpha value is -5.44. The first-order valence-corrected chi connectivity index (χ1v) is 37.2. The predicted octanol–water partition coefficient (Wildman–Crippen LogP) is 13.5. The Morgan fingerprint density at radius 2 is 0.647 bits per heavy atom. The van der Waals surface area contributed by atoms with Crippen molar-refractivity contribution in [1.82, 2.24) is 29.9 Å². The van der Waals surface area contributed by atoms with Gasteiger partial charge in [-0.2, -0.15) is 0 Å². The molecule has 102 heavy (non-hydrogen) atoms. The molecule has 0 radical (unpaired) electrons. The van der Waals surface area contributed by atoms with Crippen molar-refractivity contribution in [2.24, 2.45) is 0 Å². The number of aromatic nitrogens is 6. The zero-order valence-electron chi connectivity index (χ0n) is 64.4. The van der Waals surface area contributed by atoms with E-state index in [2.05, 4.69) is 116 Å². The molecule has 8 aromatic rings. The predicted molar refractivity (Wildman–Crippen MR) is 413 cm³/mol. The van der Waals surface area contributed by atoms with Crippen LogP contribution >= 0.6 is 11.6 Å². The summed E-state index contributed by atoms with van der Waals surface area (Å²) in [5.74, 6) is 3.67. The number of phenolic OH excluding ortho intramolecular Hbond substituents is 3. The van der Waals surface area contributed by atoms with E-state index in [1.165, 1.54) is 152 Å². The van der Waals surface area contributed by atoms with Crippen molar-refractivity contribution >= 4 is 11.6 Å². The number of ether oxygens (including phenoxy) is 1. The molecule has 0 aliphatic heterocycles. The van der Waals surface area contributed by atoms with Crippen LogP contribution in [0.2, 0.25) is 0 Å². The van der Waals surface area contributed by atoms with Crippen LogP contribution in [0.1, 0.15) is 187 Å². The van der Waals surface area contributed by atoms with Gasteiger partial charge in [-0.15, -0.1) is 11.6 Å². The second-order valence-electron chi connectivity index (χ2n) is 29.1. The third-order valence-electron chi connectivity index (χ3n) is 18.5. The van der Waals surface area contributed by atoms with Crippen molar-refractivity contribution in [3.63, 3.8) is 0 Å². The summed E-state index contributed by atoms with van der Waals surface area (Å²) in [6.07, 6.45) is 26.0. The summed E-state index contributed by atoms with van der Waals surface area (Å²) in [6.45, 7) is 24.6. The van der Waals surface area contributed by atoms with Crippen LogP contribution in [0.15, 0.2) is 109 Å². The normalized spacial score (nSPS) is 11.8. The molecule has 0 spiro atoms. The van der Waals surface area contributed by atoms with Crippen molar-refractivity contribution in [2.75, 3.05) is 66.9 Å². The first-order valence-electron chi connectivity index (χ1n) is 36.7. The van der Waals surface area contributed by atoms with Crippen LogP contribution in [0.4, 0.5) is 0 Å². The fourth-order valence-electron chi connectivity index (χ4n) is 12.9. The van der Waals surface area contributed by atoms with E-state index in [4.69, 9.17) is 36.3 Å². The number of nitrogens with zero attached hydrogens (tertiary/aromatic N) is 8. The molecule has 2 unspecified atom stereocenters. The number of rotatable bonds is 36. The van der Waals surface area contributed by atoms with Gasteiger partial charge in [0.05, 0.1) is 58.3 Å².